The van der Waals surface area contributed by atoms with Crippen LogP contribution in [-0.4, -0.2) is 46.4 Å². The quantitative estimate of drug-likeness (QED) is 0.509. The maximum atomic E-state index is 13.4. The summed E-state index contributed by atoms with van der Waals surface area (Å²) in [6.07, 6.45) is 2.95. The molecule has 28 heavy (non-hydrogen) atoms. The van der Waals surface area contributed by atoms with Gasteiger partial charge in [-0.2, -0.15) is 19.6 Å². The molecule has 0 spiro atoms. The highest BCUT2D eigenvalue weighted by Crippen LogP contribution is 2.28. The van der Waals surface area contributed by atoms with Crippen LogP contribution in [0.2, 0.25) is 0 Å². The molecule has 0 saturated carbocycles. The van der Waals surface area contributed by atoms with Crippen molar-refractivity contribution in [2.24, 2.45) is 0 Å². The summed E-state index contributed by atoms with van der Waals surface area (Å²) in [5.41, 5.74) is 1.56. The number of ether oxygens (including phenoxy) is 1. The molecular weight excluding hydrogens is 360 g/mol. The molecule has 0 bridgehead atoms. The molecule has 0 aliphatic heterocycles. The van der Waals surface area contributed by atoms with Crippen molar-refractivity contribution >= 4 is 16.7 Å². The Morgan fingerprint density at radius 3 is 2.86 bits per heavy atom. The third-order valence-corrected chi connectivity index (χ3v) is 4.41. The summed E-state index contributed by atoms with van der Waals surface area (Å²) >= 11 is 0. The number of aromatic amines is 1. The minimum atomic E-state index is -0.297. The van der Waals surface area contributed by atoms with Crippen LogP contribution in [0.3, 0.4) is 0 Å². The van der Waals surface area contributed by atoms with Crippen LogP contribution in [0.5, 0.6) is 5.75 Å². The molecule has 0 atom stereocenters. The number of aromatic nitrogens is 8. The second-order valence-corrected chi connectivity index (χ2v) is 6.12. The normalized spacial score (nSPS) is 11.4. The van der Waals surface area contributed by atoms with Crippen LogP contribution in [0.4, 0.5) is 0 Å². The highest BCUT2D eigenvalue weighted by molar-refractivity contribution is 5.93. The van der Waals surface area contributed by atoms with Crippen LogP contribution in [0, 0.1) is 6.92 Å². The first-order chi connectivity index (χ1) is 13.7. The number of nitrogens with one attached hydrogen (secondary N) is 1. The smallest absolute Gasteiger partial charge is 0.269 e. The lowest BCUT2D eigenvalue weighted by molar-refractivity contribution is 0.415. The van der Waals surface area contributed by atoms with E-state index in [9.17, 15) is 4.79 Å². The predicted molar refractivity (Wildman–Crippen MR) is 101 cm³/mol. The van der Waals surface area contributed by atoms with Crippen molar-refractivity contribution in [3.63, 3.8) is 0 Å². The minimum absolute atomic E-state index is 0.297. The standard InChI is InChI=1S/C18H14N8O2/c1-10-21-18-22-13-6-7-25(17-19-9-20-23-17)16(27)14(13)15(26(18)24-10)11-4-3-5-12(8-11)28-2/h3-9H,1-2H3,(H,19,20,23). The molecule has 10 heteroatoms. The molecule has 138 valence electrons. The van der Waals surface area contributed by atoms with E-state index in [1.165, 1.54) is 10.9 Å². The number of methoxy groups -OCH3 is 1. The number of aryl methyl sites for hydroxylation is 1. The molecule has 0 fully saturated rings. The molecule has 0 radical (unpaired) electrons. The SMILES string of the molecule is COc1cccc(-c2c3c(=O)n(-c4ncn[nH]4)ccc3nc3nc(C)nn23)c1. The summed E-state index contributed by atoms with van der Waals surface area (Å²) in [6.45, 7) is 1.78. The van der Waals surface area contributed by atoms with E-state index in [4.69, 9.17) is 4.74 Å². The Kier molecular flexibility index (Phi) is 3.44. The number of nitrogens with zero attached hydrogens (tertiary/aromatic N) is 7. The largest absolute Gasteiger partial charge is 0.497 e. The van der Waals surface area contributed by atoms with E-state index in [2.05, 4.69) is 30.2 Å². The maximum Gasteiger partial charge on any atom is 0.269 e. The van der Waals surface area contributed by atoms with Gasteiger partial charge in [0.05, 0.1) is 23.7 Å². The molecule has 1 aromatic carbocycles. The second-order valence-electron chi connectivity index (χ2n) is 6.12. The van der Waals surface area contributed by atoms with E-state index >= 15 is 0 Å². The molecule has 0 aliphatic rings. The van der Waals surface area contributed by atoms with Gasteiger partial charge in [0.1, 0.15) is 17.9 Å². The van der Waals surface area contributed by atoms with Crippen LogP contribution in [0.15, 0.2) is 47.7 Å². The van der Waals surface area contributed by atoms with Gasteiger partial charge < -0.3 is 4.74 Å². The van der Waals surface area contributed by atoms with Crippen molar-refractivity contribution in [3.05, 3.63) is 59.0 Å². The van der Waals surface area contributed by atoms with Crippen LogP contribution >= 0.6 is 0 Å². The summed E-state index contributed by atoms with van der Waals surface area (Å²) in [5, 5.41) is 11.4. The molecule has 1 N–H and O–H groups in total. The summed E-state index contributed by atoms with van der Waals surface area (Å²) in [7, 11) is 1.59. The zero-order valence-corrected chi connectivity index (χ0v) is 15.0. The highest BCUT2D eigenvalue weighted by Gasteiger charge is 2.19. The number of rotatable bonds is 3. The molecule has 0 aliphatic carbocycles. The Labute approximate surface area is 157 Å². The van der Waals surface area contributed by atoms with Gasteiger partial charge in [-0.25, -0.2) is 10.1 Å². The molecule has 5 rings (SSSR count). The summed E-state index contributed by atoms with van der Waals surface area (Å²) < 4.78 is 8.32. The molecule has 10 nitrogen and oxygen atoms in total. The average Bonchev–Trinajstić information content (AvgIpc) is 3.35. The van der Waals surface area contributed by atoms with Gasteiger partial charge in [-0.05, 0) is 25.1 Å². The predicted octanol–water partition coefficient (Wildman–Crippen LogP) is 1.53. The van der Waals surface area contributed by atoms with Crippen molar-refractivity contribution in [1.29, 1.82) is 0 Å². The third kappa shape index (κ3) is 2.35. The molecule has 0 unspecified atom stereocenters. The van der Waals surface area contributed by atoms with Crippen LogP contribution < -0.4 is 10.3 Å². The molecule has 4 aromatic heterocycles. The molecule has 5 aromatic rings. The average molecular weight is 374 g/mol. The molecule has 0 amide bonds. The summed E-state index contributed by atoms with van der Waals surface area (Å²) in [6, 6.07) is 9.17. The van der Waals surface area contributed by atoms with Gasteiger partial charge in [0.25, 0.3) is 11.3 Å². The number of H-pyrrole nitrogens is 1. The van der Waals surface area contributed by atoms with E-state index < -0.39 is 0 Å². The second kappa shape index (κ2) is 5.98. The minimum Gasteiger partial charge on any atom is -0.497 e. The van der Waals surface area contributed by atoms with E-state index in [0.717, 1.165) is 5.56 Å². The van der Waals surface area contributed by atoms with Gasteiger partial charge >= 0.3 is 0 Å². The van der Waals surface area contributed by atoms with Gasteiger partial charge in [0, 0.05) is 11.8 Å². The van der Waals surface area contributed by atoms with E-state index in [1.54, 1.807) is 30.8 Å². The number of hydrogen-bond donors (Lipinski definition) is 1. The lowest BCUT2D eigenvalue weighted by atomic mass is 10.1. The fraction of sp³-hybridized carbons (Fsp3) is 0.111. The maximum absolute atomic E-state index is 13.4. The van der Waals surface area contributed by atoms with Crippen molar-refractivity contribution in [2.45, 2.75) is 6.92 Å². The Morgan fingerprint density at radius 2 is 2.07 bits per heavy atom. The first-order valence-corrected chi connectivity index (χ1v) is 8.44. The van der Waals surface area contributed by atoms with Gasteiger partial charge in [0.15, 0.2) is 0 Å². The topological polar surface area (TPSA) is 116 Å². The Bertz CT molecular complexity index is 1380. The molecule has 0 saturated heterocycles. The van der Waals surface area contributed by atoms with Crippen LogP contribution in [-0.2, 0) is 0 Å². The zero-order valence-electron chi connectivity index (χ0n) is 15.0. The fourth-order valence-electron chi connectivity index (χ4n) is 3.20. The lowest BCUT2D eigenvalue weighted by Crippen LogP contribution is -2.21. The number of fused-ring (bicyclic) bond motifs is 2. The lowest BCUT2D eigenvalue weighted by Gasteiger charge is -2.11. The first kappa shape index (κ1) is 16.1. The molecule has 4 heterocycles. The van der Waals surface area contributed by atoms with Crippen LogP contribution in [0.1, 0.15) is 5.82 Å². The van der Waals surface area contributed by atoms with E-state index in [-0.39, 0.29) is 5.56 Å². The number of hydrogen-bond acceptors (Lipinski definition) is 7. The fourth-order valence-corrected chi connectivity index (χ4v) is 3.20. The van der Waals surface area contributed by atoms with Crippen molar-refractivity contribution in [2.75, 3.05) is 7.11 Å². The van der Waals surface area contributed by atoms with Gasteiger partial charge in [-0.15, -0.1) is 5.10 Å². The van der Waals surface area contributed by atoms with E-state index in [1.807, 2.05) is 24.3 Å². The Morgan fingerprint density at radius 1 is 1.18 bits per heavy atom. The third-order valence-electron chi connectivity index (χ3n) is 4.41. The Balaban J connectivity index is 1.95. The number of pyridine rings is 1. The van der Waals surface area contributed by atoms with Crippen molar-refractivity contribution in [3.8, 4) is 23.0 Å². The van der Waals surface area contributed by atoms with Crippen molar-refractivity contribution < 1.29 is 4.74 Å². The van der Waals surface area contributed by atoms with Crippen LogP contribution in [0.25, 0.3) is 33.9 Å². The summed E-state index contributed by atoms with van der Waals surface area (Å²) in [4.78, 5) is 26.3. The van der Waals surface area contributed by atoms with Crippen molar-refractivity contribution in [1.82, 2.24) is 39.3 Å². The first-order valence-electron chi connectivity index (χ1n) is 8.44. The monoisotopic (exact) mass is 374 g/mol. The Hall–Kier alpha value is -4.08. The van der Waals surface area contributed by atoms with Gasteiger partial charge in [0.2, 0.25) is 5.95 Å². The zero-order chi connectivity index (χ0) is 19.3. The summed E-state index contributed by atoms with van der Waals surface area (Å²) in [5.74, 6) is 1.96. The van der Waals surface area contributed by atoms with E-state index in [0.29, 0.717) is 39.9 Å². The highest BCUT2D eigenvalue weighted by atomic mass is 16.5. The van der Waals surface area contributed by atoms with Gasteiger partial charge in [-0.3, -0.25) is 9.36 Å². The molecular formula is C18H14N8O2. The number of benzene rings is 1. The van der Waals surface area contributed by atoms with Gasteiger partial charge in [-0.1, -0.05) is 12.1 Å².